The maximum absolute atomic E-state index is 12.1. The zero-order valence-corrected chi connectivity index (χ0v) is 12.8. The van der Waals surface area contributed by atoms with Crippen LogP contribution in [0.25, 0.3) is 11.0 Å². The molecule has 1 aliphatic carbocycles. The van der Waals surface area contributed by atoms with Crippen LogP contribution in [0, 0.1) is 11.1 Å². The predicted octanol–water partition coefficient (Wildman–Crippen LogP) is 0.971. The number of nitrogens with one attached hydrogen (secondary N) is 1. The van der Waals surface area contributed by atoms with Crippen molar-refractivity contribution in [2.75, 3.05) is 32.5 Å². The van der Waals surface area contributed by atoms with Crippen molar-refractivity contribution in [3.05, 3.63) is 28.5 Å². The van der Waals surface area contributed by atoms with Crippen LogP contribution < -0.4 is 10.2 Å². The third kappa shape index (κ3) is 2.90. The van der Waals surface area contributed by atoms with Gasteiger partial charge in [-0.15, -0.1) is 0 Å². The molecule has 1 aromatic heterocycles. The molecule has 0 bridgehead atoms. The fraction of sp³-hybridized carbons (Fsp3) is 0.533. The first-order chi connectivity index (χ1) is 10.0. The van der Waals surface area contributed by atoms with Gasteiger partial charge in [0.05, 0.1) is 5.10 Å². The topological polar surface area (TPSA) is 68.0 Å². The Labute approximate surface area is 124 Å². The van der Waals surface area contributed by atoms with E-state index in [9.17, 15) is 5.21 Å². The van der Waals surface area contributed by atoms with Crippen LogP contribution in [-0.2, 0) is 12.8 Å². The number of aromatic nitrogens is 3. The molecule has 1 atom stereocenters. The van der Waals surface area contributed by atoms with E-state index in [1.807, 2.05) is 26.2 Å². The lowest BCUT2D eigenvalue weighted by Crippen LogP contribution is -2.34. The van der Waals surface area contributed by atoms with Gasteiger partial charge in [0.15, 0.2) is 0 Å². The summed E-state index contributed by atoms with van der Waals surface area (Å²) >= 11 is 0. The van der Waals surface area contributed by atoms with Crippen molar-refractivity contribution in [2.24, 2.45) is 5.92 Å². The Hall–Kier alpha value is -1.95. The van der Waals surface area contributed by atoms with Crippen molar-refractivity contribution >= 4 is 17.0 Å². The molecule has 0 spiro atoms. The van der Waals surface area contributed by atoms with Gasteiger partial charge in [0, 0.05) is 19.2 Å². The quantitative estimate of drug-likeness (QED) is 0.670. The molecule has 1 aliphatic rings. The summed E-state index contributed by atoms with van der Waals surface area (Å²) in [5.74, 6) is 1.04. The average molecular weight is 287 g/mol. The molecule has 0 aliphatic heterocycles. The molecule has 1 aromatic carbocycles. The third-order valence-electron chi connectivity index (χ3n) is 3.89. The summed E-state index contributed by atoms with van der Waals surface area (Å²) in [7, 11) is 4.00. The maximum atomic E-state index is 12.1. The minimum atomic E-state index is 0.394. The van der Waals surface area contributed by atoms with E-state index in [0.29, 0.717) is 28.8 Å². The molecular weight excluding hydrogens is 266 g/mol. The zero-order valence-electron chi connectivity index (χ0n) is 12.8. The Kier molecular flexibility index (Phi) is 3.63. The maximum Gasteiger partial charge on any atom is 0.290 e. The Morgan fingerprint density at radius 3 is 2.76 bits per heavy atom. The number of likely N-dealkylation sites (N-methyl/N-ethyl adjacent to an activating group) is 1. The molecule has 1 unspecified atom stereocenters. The molecular formula is C15H21N5O. The Balaban J connectivity index is 1.90. The second kappa shape index (κ2) is 5.44. The molecule has 0 amide bonds. The molecule has 0 saturated heterocycles. The zero-order chi connectivity index (χ0) is 15.0. The van der Waals surface area contributed by atoms with Crippen molar-refractivity contribution in [2.45, 2.75) is 19.8 Å². The number of anilines is 1. The van der Waals surface area contributed by atoms with Crippen LogP contribution >= 0.6 is 0 Å². The van der Waals surface area contributed by atoms with Crippen LogP contribution in [0.4, 0.5) is 5.95 Å². The van der Waals surface area contributed by atoms with E-state index in [2.05, 4.69) is 27.2 Å². The summed E-state index contributed by atoms with van der Waals surface area (Å²) in [6.45, 7) is 3.80. The molecule has 3 rings (SSSR count). The second-order valence-corrected chi connectivity index (χ2v) is 6.16. The largest absolute Gasteiger partial charge is 0.594 e. The van der Waals surface area contributed by atoms with Crippen LogP contribution in [0.15, 0.2) is 12.1 Å². The number of fused-ring (bicyclic) bond motifs is 2. The van der Waals surface area contributed by atoms with Gasteiger partial charge in [-0.25, -0.2) is 4.98 Å². The van der Waals surface area contributed by atoms with Crippen molar-refractivity contribution in [3.63, 3.8) is 0 Å². The highest BCUT2D eigenvalue weighted by molar-refractivity contribution is 5.74. The second-order valence-electron chi connectivity index (χ2n) is 6.16. The van der Waals surface area contributed by atoms with Crippen molar-refractivity contribution < 1.29 is 4.85 Å². The lowest BCUT2D eigenvalue weighted by atomic mass is 10.1. The smallest absolute Gasteiger partial charge is 0.290 e. The molecule has 0 fully saturated rings. The lowest BCUT2D eigenvalue weighted by Gasteiger charge is -2.10. The standard InChI is InChI=1S/C15H21N5O/c1-10-6-11-8-13-14(9-12(11)7-10)20(21)18-15(17-13)16-4-5-19(2)3/h8-10H,4-7H2,1-3H3,(H,16,17,18). The van der Waals surface area contributed by atoms with Crippen LogP contribution in [0.2, 0.25) is 0 Å². The molecule has 6 nitrogen and oxygen atoms in total. The van der Waals surface area contributed by atoms with E-state index in [1.165, 1.54) is 11.1 Å². The van der Waals surface area contributed by atoms with E-state index in [-0.39, 0.29) is 0 Å². The summed E-state index contributed by atoms with van der Waals surface area (Å²) in [6, 6.07) is 3.99. The van der Waals surface area contributed by atoms with E-state index in [1.54, 1.807) is 0 Å². The number of hydrogen-bond donors (Lipinski definition) is 1. The minimum Gasteiger partial charge on any atom is -0.594 e. The van der Waals surface area contributed by atoms with Gasteiger partial charge in [0.2, 0.25) is 0 Å². The Morgan fingerprint density at radius 2 is 2.05 bits per heavy atom. The van der Waals surface area contributed by atoms with Gasteiger partial charge in [0.1, 0.15) is 5.52 Å². The van der Waals surface area contributed by atoms with Crippen LogP contribution in [0.3, 0.4) is 0 Å². The molecule has 0 saturated carbocycles. The molecule has 2 aromatic rings. The fourth-order valence-corrected chi connectivity index (χ4v) is 2.85. The highest BCUT2D eigenvalue weighted by atomic mass is 16.5. The molecule has 21 heavy (non-hydrogen) atoms. The fourth-order valence-electron chi connectivity index (χ4n) is 2.85. The van der Waals surface area contributed by atoms with Gasteiger partial charge >= 0.3 is 0 Å². The lowest BCUT2D eigenvalue weighted by molar-refractivity contribution is -0.641. The summed E-state index contributed by atoms with van der Waals surface area (Å²) in [6.07, 6.45) is 2.10. The first-order valence-corrected chi connectivity index (χ1v) is 7.35. The van der Waals surface area contributed by atoms with E-state index in [0.717, 1.165) is 24.9 Å². The molecule has 0 radical (unpaired) electrons. The summed E-state index contributed by atoms with van der Waals surface area (Å²) < 4.78 is 0. The van der Waals surface area contributed by atoms with Gasteiger partial charge in [-0.1, -0.05) is 6.92 Å². The summed E-state index contributed by atoms with van der Waals surface area (Å²) in [4.78, 5) is 7.22. The molecule has 112 valence electrons. The number of nitrogens with zero attached hydrogens (tertiary/aromatic N) is 4. The van der Waals surface area contributed by atoms with Crippen molar-refractivity contribution in [1.29, 1.82) is 0 Å². The van der Waals surface area contributed by atoms with E-state index in [4.69, 9.17) is 0 Å². The van der Waals surface area contributed by atoms with Gasteiger partial charge in [-0.05, 0) is 54.9 Å². The normalized spacial score (nSPS) is 17.4. The molecule has 6 heteroatoms. The first kappa shape index (κ1) is 14.0. The Bertz CT molecular complexity index is 671. The highest BCUT2D eigenvalue weighted by Gasteiger charge is 2.22. The third-order valence-corrected chi connectivity index (χ3v) is 3.89. The van der Waals surface area contributed by atoms with Gasteiger partial charge in [0.25, 0.3) is 11.5 Å². The van der Waals surface area contributed by atoms with Crippen LogP contribution in [0.1, 0.15) is 18.1 Å². The number of benzene rings is 1. The van der Waals surface area contributed by atoms with Gasteiger partial charge < -0.3 is 15.4 Å². The van der Waals surface area contributed by atoms with Gasteiger partial charge in [-0.3, -0.25) is 0 Å². The SMILES string of the molecule is CC1Cc2cc3nc(NCCN(C)C)n[n+]([O-])c3cc2C1. The van der Waals surface area contributed by atoms with Crippen LogP contribution in [-0.4, -0.2) is 42.2 Å². The van der Waals surface area contributed by atoms with Crippen molar-refractivity contribution in [3.8, 4) is 0 Å². The van der Waals surface area contributed by atoms with E-state index >= 15 is 0 Å². The number of rotatable bonds is 4. The first-order valence-electron chi connectivity index (χ1n) is 7.35. The predicted molar refractivity (Wildman–Crippen MR) is 82.1 cm³/mol. The minimum absolute atomic E-state index is 0.394. The van der Waals surface area contributed by atoms with Crippen LogP contribution in [0.5, 0.6) is 0 Å². The molecule has 1 heterocycles. The Morgan fingerprint density at radius 1 is 1.33 bits per heavy atom. The average Bonchev–Trinajstić information content (AvgIpc) is 2.75. The number of hydrogen-bond acceptors (Lipinski definition) is 5. The summed E-state index contributed by atoms with van der Waals surface area (Å²) in [5, 5.41) is 19.2. The highest BCUT2D eigenvalue weighted by Crippen LogP contribution is 2.28. The van der Waals surface area contributed by atoms with E-state index < -0.39 is 0 Å². The van der Waals surface area contributed by atoms with Gasteiger partial charge in [-0.2, -0.15) is 0 Å². The summed E-state index contributed by atoms with van der Waals surface area (Å²) in [5.41, 5.74) is 3.85. The monoisotopic (exact) mass is 287 g/mol. The van der Waals surface area contributed by atoms with Crippen molar-refractivity contribution in [1.82, 2.24) is 15.0 Å². The molecule has 1 N–H and O–H groups in total.